The highest BCUT2D eigenvalue weighted by Crippen LogP contribution is 2.37. The smallest absolute Gasteiger partial charge is 0.270 e. The molecule has 0 radical (unpaired) electrons. The number of rotatable bonds is 2. The Hall–Kier alpha value is -1.85. The number of aromatic nitrogens is 1. The van der Waals surface area contributed by atoms with E-state index in [9.17, 15) is 4.79 Å². The van der Waals surface area contributed by atoms with Crippen LogP contribution in [0.5, 0.6) is 0 Å². The van der Waals surface area contributed by atoms with Gasteiger partial charge in [0.25, 0.3) is 5.91 Å². The molecule has 3 nitrogen and oxygen atoms in total. The van der Waals surface area contributed by atoms with Gasteiger partial charge in [0.15, 0.2) is 4.32 Å². The molecule has 0 saturated carbocycles. The molecule has 1 saturated heterocycles. The number of benzene rings is 1. The quantitative estimate of drug-likeness (QED) is 0.614. The fourth-order valence-electron chi connectivity index (χ4n) is 2.39. The van der Waals surface area contributed by atoms with Crippen molar-refractivity contribution in [3.8, 4) is 0 Å². The molecule has 1 aromatic heterocycles. The second-order valence-corrected chi connectivity index (χ2v) is 7.03. The molecule has 1 aliphatic rings. The number of hydrogen-bond donors (Lipinski definition) is 0. The van der Waals surface area contributed by atoms with Crippen LogP contribution in [0.4, 0.5) is 5.69 Å². The van der Waals surface area contributed by atoms with Crippen molar-refractivity contribution in [2.24, 2.45) is 7.05 Å². The average molecular weight is 328 g/mol. The minimum atomic E-state index is -0.0510. The third-order valence-corrected chi connectivity index (χ3v) is 4.96. The van der Waals surface area contributed by atoms with Crippen LogP contribution in [0.2, 0.25) is 0 Å². The summed E-state index contributed by atoms with van der Waals surface area (Å²) in [5.74, 6) is -0.0510. The number of amides is 1. The van der Waals surface area contributed by atoms with E-state index in [0.717, 1.165) is 22.5 Å². The predicted octanol–water partition coefficient (Wildman–Crippen LogP) is 4.05. The standard InChI is InChI=1S/C17H16N2OS2/c1-11-6-7-12(2)14(9-11)19-16(20)15(22-17(19)21)10-13-5-4-8-18(13)3/h4-10H,1-3H3. The van der Waals surface area contributed by atoms with Crippen LogP contribution in [-0.4, -0.2) is 14.8 Å². The lowest BCUT2D eigenvalue weighted by atomic mass is 10.1. The Morgan fingerprint density at radius 2 is 2.00 bits per heavy atom. The van der Waals surface area contributed by atoms with Gasteiger partial charge >= 0.3 is 0 Å². The van der Waals surface area contributed by atoms with Crippen LogP contribution in [-0.2, 0) is 11.8 Å². The zero-order valence-corrected chi connectivity index (χ0v) is 14.3. The lowest BCUT2D eigenvalue weighted by Gasteiger charge is -2.17. The lowest BCUT2D eigenvalue weighted by Crippen LogP contribution is -2.28. The summed E-state index contributed by atoms with van der Waals surface area (Å²) in [4.78, 5) is 15.1. The molecular formula is C17H16N2OS2. The van der Waals surface area contributed by atoms with Crippen molar-refractivity contribution in [3.05, 3.63) is 58.3 Å². The second-order valence-electron chi connectivity index (χ2n) is 5.35. The van der Waals surface area contributed by atoms with Crippen LogP contribution in [0.25, 0.3) is 6.08 Å². The molecule has 0 bridgehead atoms. The Labute approximate surface area is 139 Å². The first-order chi connectivity index (χ1) is 10.5. The summed E-state index contributed by atoms with van der Waals surface area (Å²) >= 11 is 6.78. The summed E-state index contributed by atoms with van der Waals surface area (Å²) < 4.78 is 2.56. The normalized spacial score (nSPS) is 16.9. The Balaban J connectivity index is 2.00. The molecule has 1 aliphatic heterocycles. The van der Waals surface area contributed by atoms with Crippen molar-refractivity contribution in [1.82, 2.24) is 4.57 Å². The summed E-state index contributed by atoms with van der Waals surface area (Å²) in [7, 11) is 1.96. The summed E-state index contributed by atoms with van der Waals surface area (Å²) in [6.45, 7) is 4.01. The van der Waals surface area contributed by atoms with Gasteiger partial charge in [-0.3, -0.25) is 9.69 Å². The fourth-order valence-corrected chi connectivity index (χ4v) is 3.66. The highest BCUT2D eigenvalue weighted by Gasteiger charge is 2.34. The third-order valence-electron chi connectivity index (χ3n) is 3.66. The highest BCUT2D eigenvalue weighted by atomic mass is 32.2. The van der Waals surface area contributed by atoms with E-state index in [-0.39, 0.29) is 5.91 Å². The Bertz CT molecular complexity index is 805. The molecule has 1 fully saturated rings. The van der Waals surface area contributed by atoms with E-state index < -0.39 is 0 Å². The van der Waals surface area contributed by atoms with Crippen LogP contribution in [0.3, 0.4) is 0 Å². The van der Waals surface area contributed by atoms with Gasteiger partial charge in [-0.1, -0.05) is 36.1 Å². The topological polar surface area (TPSA) is 25.2 Å². The first-order valence-corrected chi connectivity index (χ1v) is 8.16. The van der Waals surface area contributed by atoms with Gasteiger partial charge in [-0.2, -0.15) is 0 Å². The molecule has 22 heavy (non-hydrogen) atoms. The number of hydrogen-bond acceptors (Lipinski definition) is 3. The van der Waals surface area contributed by atoms with Gasteiger partial charge < -0.3 is 4.57 Å². The minimum absolute atomic E-state index is 0.0510. The molecular weight excluding hydrogens is 312 g/mol. The van der Waals surface area contributed by atoms with Gasteiger partial charge in [0, 0.05) is 18.9 Å². The van der Waals surface area contributed by atoms with Crippen LogP contribution in [0.15, 0.2) is 41.4 Å². The van der Waals surface area contributed by atoms with Crippen LogP contribution >= 0.6 is 24.0 Å². The van der Waals surface area contributed by atoms with Crippen LogP contribution in [0.1, 0.15) is 16.8 Å². The van der Waals surface area contributed by atoms with Gasteiger partial charge in [0.2, 0.25) is 0 Å². The number of anilines is 1. The molecule has 0 aliphatic carbocycles. The molecule has 2 aromatic rings. The molecule has 1 amide bonds. The number of carbonyl (C=O) groups excluding carboxylic acids is 1. The SMILES string of the molecule is Cc1ccc(C)c(N2C(=O)C(=Cc3cccn3C)SC2=S)c1. The number of thiocarbonyl (C=S) groups is 1. The van der Waals surface area contributed by atoms with Crippen molar-refractivity contribution in [2.75, 3.05) is 4.90 Å². The third kappa shape index (κ3) is 2.62. The Morgan fingerprint density at radius 1 is 1.23 bits per heavy atom. The van der Waals surface area contributed by atoms with E-state index in [0.29, 0.717) is 9.23 Å². The van der Waals surface area contributed by atoms with E-state index in [4.69, 9.17) is 12.2 Å². The summed E-state index contributed by atoms with van der Waals surface area (Å²) in [5.41, 5.74) is 4.02. The number of thioether (sulfide) groups is 1. The summed E-state index contributed by atoms with van der Waals surface area (Å²) in [6.07, 6.45) is 3.85. The fraction of sp³-hybridized carbons (Fsp3) is 0.176. The van der Waals surface area contributed by atoms with Crippen molar-refractivity contribution in [3.63, 3.8) is 0 Å². The largest absolute Gasteiger partial charge is 0.351 e. The van der Waals surface area contributed by atoms with Gasteiger partial charge in [0.1, 0.15) is 0 Å². The molecule has 0 N–H and O–H groups in total. The maximum Gasteiger partial charge on any atom is 0.270 e. The molecule has 112 valence electrons. The Morgan fingerprint density at radius 3 is 2.68 bits per heavy atom. The first kappa shape index (κ1) is 15.1. The molecule has 0 unspecified atom stereocenters. The van der Waals surface area contributed by atoms with Crippen LogP contribution < -0.4 is 4.90 Å². The van der Waals surface area contributed by atoms with Crippen LogP contribution in [0, 0.1) is 13.8 Å². The van der Waals surface area contributed by atoms with E-state index in [2.05, 4.69) is 0 Å². The number of carbonyl (C=O) groups is 1. The second kappa shape index (κ2) is 5.74. The highest BCUT2D eigenvalue weighted by molar-refractivity contribution is 8.27. The number of nitrogens with zero attached hydrogens (tertiary/aromatic N) is 2. The molecule has 0 atom stereocenters. The molecule has 5 heteroatoms. The maximum atomic E-state index is 12.8. The van der Waals surface area contributed by atoms with E-state index >= 15 is 0 Å². The van der Waals surface area contributed by atoms with Crippen molar-refractivity contribution < 1.29 is 4.79 Å². The van der Waals surface area contributed by atoms with E-state index in [1.54, 1.807) is 4.90 Å². The molecule has 1 aromatic carbocycles. The lowest BCUT2D eigenvalue weighted by molar-refractivity contribution is -0.113. The predicted molar refractivity (Wildman–Crippen MR) is 97.0 cm³/mol. The van der Waals surface area contributed by atoms with Gasteiger partial charge in [-0.25, -0.2) is 0 Å². The summed E-state index contributed by atoms with van der Waals surface area (Å²) in [5, 5.41) is 0. The average Bonchev–Trinajstić information content (AvgIpc) is 2.98. The first-order valence-electron chi connectivity index (χ1n) is 6.94. The maximum absolute atomic E-state index is 12.8. The van der Waals surface area contributed by atoms with Crippen molar-refractivity contribution in [2.45, 2.75) is 13.8 Å². The van der Waals surface area contributed by atoms with Gasteiger partial charge in [-0.15, -0.1) is 0 Å². The molecule has 0 spiro atoms. The minimum Gasteiger partial charge on any atom is -0.351 e. The van der Waals surface area contributed by atoms with Gasteiger partial charge in [-0.05, 0) is 49.2 Å². The number of aryl methyl sites for hydroxylation is 3. The van der Waals surface area contributed by atoms with E-state index in [1.165, 1.54) is 11.8 Å². The van der Waals surface area contributed by atoms with Crippen molar-refractivity contribution in [1.29, 1.82) is 0 Å². The Kier molecular flexibility index (Phi) is 3.93. The molecule has 3 rings (SSSR count). The van der Waals surface area contributed by atoms with Gasteiger partial charge in [0.05, 0.1) is 10.6 Å². The zero-order chi connectivity index (χ0) is 15.9. The molecule has 2 heterocycles. The van der Waals surface area contributed by atoms with E-state index in [1.807, 2.05) is 68.1 Å². The zero-order valence-electron chi connectivity index (χ0n) is 12.7. The van der Waals surface area contributed by atoms with Crippen molar-refractivity contribution >= 4 is 46.0 Å². The monoisotopic (exact) mass is 328 g/mol. The summed E-state index contributed by atoms with van der Waals surface area (Å²) in [6, 6.07) is 9.99.